The van der Waals surface area contributed by atoms with E-state index < -0.39 is 10.0 Å². The molecule has 0 amide bonds. The normalized spacial score (nSPS) is 27.0. The van der Waals surface area contributed by atoms with Gasteiger partial charge in [-0.15, -0.1) is 0 Å². The Balaban J connectivity index is 1.60. The van der Waals surface area contributed by atoms with Gasteiger partial charge in [-0.1, -0.05) is 69.2 Å². The van der Waals surface area contributed by atoms with Gasteiger partial charge in [-0.25, -0.2) is 8.42 Å². The molecule has 172 valence electrons. The van der Waals surface area contributed by atoms with Crippen LogP contribution in [0.25, 0.3) is 0 Å². The molecule has 5 heteroatoms. The van der Waals surface area contributed by atoms with Gasteiger partial charge in [-0.2, -0.15) is 0 Å². The lowest BCUT2D eigenvalue weighted by Gasteiger charge is -2.56. The molecular formula is C27H36N2O2S. The number of piperidine rings is 1. The van der Waals surface area contributed by atoms with Crippen molar-refractivity contribution in [2.75, 3.05) is 17.4 Å². The minimum absolute atomic E-state index is 0.0413. The van der Waals surface area contributed by atoms with Crippen LogP contribution in [-0.2, 0) is 27.6 Å². The molecule has 0 unspecified atom stereocenters. The molecule has 2 aromatic carbocycles. The number of sulfonamides is 1. The van der Waals surface area contributed by atoms with Crippen LogP contribution >= 0.6 is 0 Å². The molecule has 2 aromatic rings. The van der Waals surface area contributed by atoms with Crippen molar-refractivity contribution in [3.05, 3.63) is 65.2 Å². The summed E-state index contributed by atoms with van der Waals surface area (Å²) in [5, 5.41) is 3.80. The molecule has 0 aromatic heterocycles. The highest BCUT2D eigenvalue weighted by molar-refractivity contribution is 7.92. The van der Waals surface area contributed by atoms with Crippen molar-refractivity contribution in [1.29, 1.82) is 0 Å². The lowest BCUT2D eigenvalue weighted by molar-refractivity contribution is 0.0799. The molecule has 1 saturated heterocycles. The fourth-order valence-corrected chi connectivity index (χ4v) is 8.50. The quantitative estimate of drug-likeness (QED) is 0.669. The molecule has 3 atom stereocenters. The lowest BCUT2D eigenvalue weighted by atomic mass is 9.52. The van der Waals surface area contributed by atoms with Crippen LogP contribution in [0.15, 0.2) is 48.5 Å². The lowest BCUT2D eigenvalue weighted by Crippen LogP contribution is -2.59. The van der Waals surface area contributed by atoms with Gasteiger partial charge in [0.2, 0.25) is 10.0 Å². The number of fused-ring (bicyclic) bond motifs is 1. The highest BCUT2D eigenvalue weighted by Crippen LogP contribution is 2.55. The van der Waals surface area contributed by atoms with Crippen molar-refractivity contribution >= 4 is 15.7 Å². The summed E-state index contributed by atoms with van der Waals surface area (Å²) < 4.78 is 29.3. The van der Waals surface area contributed by atoms with Gasteiger partial charge in [-0.05, 0) is 66.8 Å². The third-order valence-corrected chi connectivity index (χ3v) is 9.72. The number of benzene rings is 2. The molecule has 5 rings (SSSR count). The van der Waals surface area contributed by atoms with E-state index in [1.807, 2.05) is 30.3 Å². The first-order valence-electron chi connectivity index (χ1n) is 12.3. The van der Waals surface area contributed by atoms with Crippen molar-refractivity contribution in [3.8, 4) is 0 Å². The van der Waals surface area contributed by atoms with Crippen LogP contribution in [0.4, 0.5) is 5.69 Å². The molecule has 3 aliphatic rings. The summed E-state index contributed by atoms with van der Waals surface area (Å²) in [7, 11) is -3.50. The van der Waals surface area contributed by atoms with Crippen LogP contribution in [0.1, 0.15) is 62.6 Å². The Bertz CT molecular complexity index is 1060. The summed E-state index contributed by atoms with van der Waals surface area (Å²) in [6.07, 6.45) is 7.26. The largest absolute Gasteiger partial charge is 0.313 e. The number of anilines is 1. The van der Waals surface area contributed by atoms with Gasteiger partial charge in [0, 0.05) is 18.0 Å². The number of nitrogens with one attached hydrogen (secondary N) is 1. The zero-order valence-corrected chi connectivity index (χ0v) is 20.2. The molecule has 4 nitrogen and oxygen atoms in total. The molecular weight excluding hydrogens is 416 g/mol. The fourth-order valence-electron chi connectivity index (χ4n) is 6.73. The molecule has 1 saturated carbocycles. The van der Waals surface area contributed by atoms with Crippen LogP contribution in [0.3, 0.4) is 0 Å². The van der Waals surface area contributed by atoms with Crippen molar-refractivity contribution < 1.29 is 8.42 Å². The van der Waals surface area contributed by atoms with E-state index in [4.69, 9.17) is 0 Å². The van der Waals surface area contributed by atoms with Crippen molar-refractivity contribution in [2.24, 2.45) is 11.8 Å². The molecule has 2 fully saturated rings. The summed E-state index contributed by atoms with van der Waals surface area (Å²) in [5.74, 6) is 0.977. The molecule has 2 bridgehead atoms. The Hall–Kier alpha value is -1.85. The van der Waals surface area contributed by atoms with Crippen LogP contribution < -0.4 is 9.62 Å². The average molecular weight is 453 g/mol. The average Bonchev–Trinajstić information content (AvgIpc) is 2.77. The molecule has 2 aliphatic carbocycles. The molecule has 32 heavy (non-hydrogen) atoms. The Labute approximate surface area is 193 Å². The molecule has 1 aliphatic heterocycles. The summed E-state index contributed by atoms with van der Waals surface area (Å²) in [4.78, 5) is 0. The summed E-state index contributed by atoms with van der Waals surface area (Å²) in [6.45, 7) is 5.80. The Kier molecular flexibility index (Phi) is 5.83. The Morgan fingerprint density at radius 2 is 1.88 bits per heavy atom. The highest BCUT2D eigenvalue weighted by atomic mass is 32.2. The first-order valence-corrected chi connectivity index (χ1v) is 13.9. The molecule has 0 spiro atoms. The smallest absolute Gasteiger partial charge is 0.239 e. The topological polar surface area (TPSA) is 49.4 Å². The minimum atomic E-state index is -3.50. The van der Waals surface area contributed by atoms with Crippen molar-refractivity contribution in [1.82, 2.24) is 5.32 Å². The van der Waals surface area contributed by atoms with Gasteiger partial charge in [0.25, 0.3) is 0 Å². The van der Waals surface area contributed by atoms with E-state index in [1.54, 1.807) is 4.31 Å². The Morgan fingerprint density at radius 1 is 1.06 bits per heavy atom. The first kappa shape index (κ1) is 22.0. The van der Waals surface area contributed by atoms with Crippen LogP contribution in [0.2, 0.25) is 0 Å². The third kappa shape index (κ3) is 3.77. The monoisotopic (exact) mass is 452 g/mol. The fraction of sp³-hybridized carbons (Fsp3) is 0.556. The van der Waals surface area contributed by atoms with E-state index >= 15 is 0 Å². The zero-order chi connectivity index (χ0) is 22.3. The van der Waals surface area contributed by atoms with Gasteiger partial charge >= 0.3 is 0 Å². The second-order valence-electron chi connectivity index (χ2n) is 10.5. The zero-order valence-electron chi connectivity index (χ0n) is 19.4. The van der Waals surface area contributed by atoms with Crippen LogP contribution in [0, 0.1) is 11.8 Å². The summed E-state index contributed by atoms with van der Waals surface area (Å²) in [6, 6.07) is 16.5. The first-order chi connectivity index (χ1) is 15.4. The van der Waals surface area contributed by atoms with Crippen molar-refractivity contribution in [2.45, 2.75) is 69.6 Å². The SMILES string of the molecule is CC(C)CN(c1cccc2c1C[C@H]1NCC[C@@]23CCCC[C@@H]13)S(=O)(=O)Cc1ccccc1. The van der Waals surface area contributed by atoms with Gasteiger partial charge in [-0.3, -0.25) is 4.31 Å². The maximum atomic E-state index is 13.8. The van der Waals surface area contributed by atoms with Gasteiger partial charge < -0.3 is 5.32 Å². The summed E-state index contributed by atoms with van der Waals surface area (Å²) in [5.41, 5.74) is 4.71. The maximum absolute atomic E-state index is 13.8. The van der Waals surface area contributed by atoms with E-state index in [0.717, 1.165) is 24.2 Å². The van der Waals surface area contributed by atoms with E-state index in [2.05, 4.69) is 37.4 Å². The van der Waals surface area contributed by atoms with E-state index in [1.165, 1.54) is 43.2 Å². The second-order valence-corrected chi connectivity index (χ2v) is 12.4. The third-order valence-electron chi connectivity index (χ3n) is 8.00. The van der Waals surface area contributed by atoms with E-state index in [0.29, 0.717) is 18.5 Å². The van der Waals surface area contributed by atoms with Gasteiger partial charge in [0.1, 0.15) is 0 Å². The van der Waals surface area contributed by atoms with Crippen LogP contribution in [-0.4, -0.2) is 27.5 Å². The molecule has 1 N–H and O–H groups in total. The van der Waals surface area contributed by atoms with Gasteiger partial charge in [0.15, 0.2) is 0 Å². The Morgan fingerprint density at radius 3 is 2.66 bits per heavy atom. The van der Waals surface area contributed by atoms with E-state index in [-0.39, 0.29) is 17.1 Å². The molecule has 1 heterocycles. The molecule has 0 radical (unpaired) electrons. The van der Waals surface area contributed by atoms with Crippen LogP contribution in [0.5, 0.6) is 0 Å². The van der Waals surface area contributed by atoms with Crippen molar-refractivity contribution in [3.63, 3.8) is 0 Å². The standard InChI is InChI=1S/C27H36N2O2S/c1-20(2)18-29(32(30,31)19-21-9-4-3-5-10-21)26-13-8-12-23-22(26)17-25-24-11-6-7-14-27(23,24)15-16-28-25/h3-5,8-10,12-13,20,24-25,28H,6-7,11,14-19H2,1-2H3/t24-,25+,27-/m0/s1. The number of rotatable bonds is 6. The predicted octanol–water partition coefficient (Wildman–Crippen LogP) is 5.03. The predicted molar refractivity (Wildman–Crippen MR) is 131 cm³/mol. The summed E-state index contributed by atoms with van der Waals surface area (Å²) >= 11 is 0. The number of hydrogen-bond donors (Lipinski definition) is 1. The second kappa shape index (κ2) is 8.49. The number of nitrogens with zero attached hydrogens (tertiary/aromatic N) is 1. The van der Waals surface area contributed by atoms with Gasteiger partial charge in [0.05, 0.1) is 11.4 Å². The minimum Gasteiger partial charge on any atom is -0.313 e. The highest BCUT2D eigenvalue weighted by Gasteiger charge is 2.52. The number of hydrogen-bond acceptors (Lipinski definition) is 3. The maximum Gasteiger partial charge on any atom is 0.239 e. The van der Waals surface area contributed by atoms with E-state index in [9.17, 15) is 8.42 Å².